The molecule has 10 heavy (non-hydrogen) atoms. The van der Waals surface area contributed by atoms with Gasteiger partial charge in [0.25, 0.3) is 0 Å². The van der Waals surface area contributed by atoms with Gasteiger partial charge in [-0.1, -0.05) is 34.2 Å². The van der Waals surface area contributed by atoms with E-state index in [1.165, 1.54) is 12.2 Å². The normalized spacial score (nSPS) is 34.2. The fourth-order valence-electron chi connectivity index (χ4n) is 0.587. The molecule has 0 saturated heterocycles. The molecule has 0 spiro atoms. The first-order chi connectivity index (χ1) is 4.79. The Morgan fingerprint density at radius 2 is 2.00 bits per heavy atom. The monoisotopic (exact) mass is 200 g/mol. The molecule has 0 bridgehead atoms. The average Bonchev–Trinajstić information content (AvgIpc) is 1.83. The second-order valence-corrected chi connectivity index (χ2v) is 2.74. The van der Waals surface area contributed by atoms with Gasteiger partial charge < -0.3 is 0 Å². The predicted molar refractivity (Wildman–Crippen MR) is 44.5 cm³/mol. The van der Waals surface area contributed by atoms with Crippen molar-refractivity contribution in [3.8, 4) is 0 Å². The Hall–Kier alpha value is -0.630. The van der Waals surface area contributed by atoms with Crippen molar-refractivity contribution < 1.29 is 4.39 Å². The summed E-state index contributed by atoms with van der Waals surface area (Å²) in [6, 6.07) is 0. The van der Waals surface area contributed by atoms with Crippen molar-refractivity contribution in [3.05, 3.63) is 46.8 Å². The molecule has 0 atom stereocenters. The highest BCUT2D eigenvalue weighted by Gasteiger charge is 1.90. The maximum atomic E-state index is 12.5. The molecule has 1 aliphatic carbocycles. The molecule has 1 aliphatic rings. The fourth-order valence-corrected chi connectivity index (χ4v) is 0.958. The van der Waals surface area contributed by atoms with Crippen LogP contribution in [0, 0.1) is 0 Å². The van der Waals surface area contributed by atoms with Crippen molar-refractivity contribution in [2.45, 2.75) is 0 Å². The molecule has 0 unspecified atom stereocenters. The van der Waals surface area contributed by atoms with Crippen molar-refractivity contribution in [3.63, 3.8) is 0 Å². The minimum Gasteiger partial charge on any atom is -0.207 e. The number of rotatable bonds is 0. The Kier molecular flexibility index (Phi) is 2.63. The highest BCUT2D eigenvalue weighted by molar-refractivity contribution is 9.11. The second-order valence-electron chi connectivity index (χ2n) is 1.82. The lowest BCUT2D eigenvalue weighted by molar-refractivity contribution is 0.667. The molecule has 0 nitrogen and oxygen atoms in total. The van der Waals surface area contributed by atoms with Crippen LogP contribution >= 0.6 is 15.9 Å². The molecule has 1 rings (SSSR count). The molecule has 52 valence electrons. The Balaban J connectivity index is 2.89. The average molecular weight is 201 g/mol. The number of hydrogen-bond donors (Lipinski definition) is 0. The Bertz CT molecular complexity index is 231. The highest BCUT2D eigenvalue weighted by atomic mass is 79.9. The van der Waals surface area contributed by atoms with Crippen LogP contribution in [0.2, 0.25) is 0 Å². The van der Waals surface area contributed by atoms with Crippen LogP contribution in [0.3, 0.4) is 0 Å². The minimum absolute atomic E-state index is 0.243. The molecule has 0 radical (unpaired) electrons. The largest absolute Gasteiger partial charge is 0.207 e. The molecule has 0 saturated carbocycles. The third kappa shape index (κ3) is 2.31. The van der Waals surface area contributed by atoms with Gasteiger partial charge in [0.15, 0.2) is 0 Å². The van der Waals surface area contributed by atoms with E-state index in [2.05, 4.69) is 15.9 Å². The Morgan fingerprint density at radius 3 is 2.80 bits per heavy atom. The zero-order valence-corrected chi connectivity index (χ0v) is 6.81. The van der Waals surface area contributed by atoms with Crippen LogP contribution in [0.4, 0.5) is 4.39 Å². The molecular weight excluding hydrogens is 195 g/mol. The molecule has 0 N–H and O–H groups in total. The van der Waals surface area contributed by atoms with Gasteiger partial charge in [-0.05, 0) is 18.2 Å². The first-order valence-corrected chi connectivity index (χ1v) is 3.66. The van der Waals surface area contributed by atoms with E-state index in [1.54, 1.807) is 18.2 Å². The van der Waals surface area contributed by atoms with Gasteiger partial charge in [0, 0.05) is 4.48 Å². The van der Waals surface area contributed by atoms with Crippen molar-refractivity contribution in [2.24, 2.45) is 0 Å². The molecule has 0 fully saturated rings. The quantitative estimate of drug-likeness (QED) is 0.564. The molecular formula is C8H6BrF. The van der Waals surface area contributed by atoms with Gasteiger partial charge >= 0.3 is 0 Å². The van der Waals surface area contributed by atoms with Crippen LogP contribution < -0.4 is 0 Å². The van der Waals surface area contributed by atoms with Gasteiger partial charge in [0.1, 0.15) is 5.83 Å². The summed E-state index contributed by atoms with van der Waals surface area (Å²) >= 11 is 3.17. The predicted octanol–water partition coefficient (Wildman–Crippen LogP) is 3.24. The maximum Gasteiger partial charge on any atom is 0.124 e. The first-order valence-electron chi connectivity index (χ1n) is 2.87. The first kappa shape index (κ1) is 7.48. The lowest BCUT2D eigenvalue weighted by atomic mass is 10.3. The van der Waals surface area contributed by atoms with Crippen LogP contribution in [-0.4, -0.2) is 0 Å². The van der Waals surface area contributed by atoms with Gasteiger partial charge in [-0.15, -0.1) is 0 Å². The van der Waals surface area contributed by atoms with Gasteiger partial charge in [-0.2, -0.15) is 0 Å². The summed E-state index contributed by atoms with van der Waals surface area (Å²) in [5.41, 5.74) is 0. The van der Waals surface area contributed by atoms with Crippen LogP contribution in [-0.2, 0) is 0 Å². The number of allylic oxidation sites excluding steroid dienone is 8. The van der Waals surface area contributed by atoms with Crippen molar-refractivity contribution in [1.82, 2.24) is 0 Å². The molecule has 0 aliphatic heterocycles. The summed E-state index contributed by atoms with van der Waals surface area (Å²) in [7, 11) is 0. The standard InChI is InChI=1S/C8H6BrF/c9-7-4-2-1-3-5-8(10)6-7/h1-6H/b2-1?,3-1-,4-2-,5-3?,7-4?,7-6+,8-5+,8-6?. The lowest BCUT2D eigenvalue weighted by Crippen LogP contribution is -1.69. The van der Waals surface area contributed by atoms with E-state index in [9.17, 15) is 4.39 Å². The SMILES string of the molecule is FC1=C/C=C\C=C/C(Br)=C\1. The zero-order valence-electron chi connectivity index (χ0n) is 5.22. The Labute approximate surface area is 67.6 Å². The van der Waals surface area contributed by atoms with Crippen molar-refractivity contribution in [1.29, 1.82) is 0 Å². The lowest BCUT2D eigenvalue weighted by Gasteiger charge is -1.90. The van der Waals surface area contributed by atoms with Crippen LogP contribution in [0.25, 0.3) is 0 Å². The summed E-state index contributed by atoms with van der Waals surface area (Å²) in [4.78, 5) is 0. The maximum absolute atomic E-state index is 12.5. The summed E-state index contributed by atoms with van der Waals surface area (Å²) < 4.78 is 13.3. The summed E-state index contributed by atoms with van der Waals surface area (Å²) in [6.07, 6.45) is 9.87. The van der Waals surface area contributed by atoms with Crippen LogP contribution in [0.15, 0.2) is 46.8 Å². The van der Waals surface area contributed by atoms with E-state index in [-0.39, 0.29) is 5.83 Å². The molecule has 0 amide bonds. The van der Waals surface area contributed by atoms with Crippen LogP contribution in [0.1, 0.15) is 0 Å². The van der Waals surface area contributed by atoms with Gasteiger partial charge in [-0.3, -0.25) is 0 Å². The van der Waals surface area contributed by atoms with E-state index in [0.29, 0.717) is 0 Å². The fraction of sp³-hybridized carbons (Fsp3) is 0. The molecule has 2 heteroatoms. The highest BCUT2D eigenvalue weighted by Crippen LogP contribution is 2.13. The van der Waals surface area contributed by atoms with Gasteiger partial charge in [-0.25, -0.2) is 4.39 Å². The molecule has 0 heterocycles. The molecule has 0 aromatic rings. The Morgan fingerprint density at radius 1 is 1.20 bits per heavy atom. The van der Waals surface area contributed by atoms with E-state index < -0.39 is 0 Å². The third-order valence-corrected chi connectivity index (χ3v) is 1.50. The van der Waals surface area contributed by atoms with Gasteiger partial charge in [0.05, 0.1) is 0 Å². The minimum atomic E-state index is -0.243. The van der Waals surface area contributed by atoms with Gasteiger partial charge in [0.2, 0.25) is 0 Å². The summed E-state index contributed by atoms with van der Waals surface area (Å²) in [6.45, 7) is 0. The smallest absolute Gasteiger partial charge is 0.124 e. The van der Waals surface area contributed by atoms with Crippen molar-refractivity contribution in [2.75, 3.05) is 0 Å². The van der Waals surface area contributed by atoms with E-state index in [1.807, 2.05) is 6.08 Å². The van der Waals surface area contributed by atoms with E-state index >= 15 is 0 Å². The molecule has 0 aromatic carbocycles. The number of halogens is 2. The number of hydrogen-bond acceptors (Lipinski definition) is 0. The summed E-state index contributed by atoms with van der Waals surface area (Å²) in [5.74, 6) is -0.243. The molecule has 0 aromatic heterocycles. The summed E-state index contributed by atoms with van der Waals surface area (Å²) in [5, 5.41) is 0. The van der Waals surface area contributed by atoms with Crippen LogP contribution in [0.5, 0.6) is 0 Å². The second kappa shape index (κ2) is 3.52. The zero-order chi connectivity index (χ0) is 7.40. The van der Waals surface area contributed by atoms with E-state index in [4.69, 9.17) is 0 Å². The third-order valence-electron chi connectivity index (χ3n) is 1.01. The van der Waals surface area contributed by atoms with E-state index in [0.717, 1.165) is 4.48 Å². The topological polar surface area (TPSA) is 0 Å². The van der Waals surface area contributed by atoms with Crippen molar-refractivity contribution >= 4 is 15.9 Å².